The number of nitrogens with zero attached hydrogens (tertiary/aromatic N) is 3. The molecule has 0 saturated carbocycles. The standard InChI is InChI=1S/C21H22ClFN4O3/c1-21(2,3)30-20(29)25-9-5-8-17-26-16-7-4-6-15(22)18(16)19(28)27(17)14-10-13(23)11-24-12-14/h4,6-7,10-12H,5,8-9H2,1-3H3,(H,25,29). The molecule has 1 amide bonds. The molecule has 3 aromatic rings. The minimum atomic E-state index is -0.589. The van der Waals surface area contributed by atoms with Gasteiger partial charge in [-0.05, 0) is 39.3 Å². The fourth-order valence-electron chi connectivity index (χ4n) is 2.94. The van der Waals surface area contributed by atoms with Gasteiger partial charge < -0.3 is 10.1 Å². The van der Waals surface area contributed by atoms with Gasteiger partial charge >= 0.3 is 6.09 Å². The number of rotatable bonds is 5. The Morgan fingerprint density at radius 2 is 2.07 bits per heavy atom. The fraction of sp³-hybridized carbons (Fsp3) is 0.333. The molecule has 1 aromatic carbocycles. The van der Waals surface area contributed by atoms with Crippen LogP contribution >= 0.6 is 11.6 Å². The maximum absolute atomic E-state index is 13.8. The molecular weight excluding hydrogens is 411 g/mol. The molecule has 1 N–H and O–H groups in total. The van der Waals surface area contributed by atoms with E-state index in [0.717, 1.165) is 6.20 Å². The van der Waals surface area contributed by atoms with Crippen LogP contribution in [0.15, 0.2) is 41.5 Å². The predicted octanol–water partition coefficient (Wildman–Crippen LogP) is 4.03. The van der Waals surface area contributed by atoms with E-state index in [1.54, 1.807) is 39.0 Å². The zero-order chi connectivity index (χ0) is 21.9. The van der Waals surface area contributed by atoms with E-state index < -0.39 is 23.1 Å². The highest BCUT2D eigenvalue weighted by Gasteiger charge is 2.17. The summed E-state index contributed by atoms with van der Waals surface area (Å²) >= 11 is 6.22. The number of aryl methyl sites for hydroxylation is 1. The van der Waals surface area contributed by atoms with E-state index in [1.165, 1.54) is 16.8 Å². The number of hydrogen-bond donors (Lipinski definition) is 1. The Morgan fingerprint density at radius 1 is 1.30 bits per heavy atom. The SMILES string of the molecule is CC(C)(C)OC(=O)NCCCc1nc2cccc(Cl)c2c(=O)n1-c1cncc(F)c1. The van der Waals surface area contributed by atoms with Crippen LogP contribution in [-0.2, 0) is 11.2 Å². The van der Waals surface area contributed by atoms with Gasteiger partial charge in [0.1, 0.15) is 17.2 Å². The maximum Gasteiger partial charge on any atom is 0.407 e. The van der Waals surface area contributed by atoms with Gasteiger partial charge in [-0.3, -0.25) is 14.3 Å². The molecule has 0 radical (unpaired) electrons. The number of hydrogen-bond acceptors (Lipinski definition) is 5. The highest BCUT2D eigenvalue weighted by atomic mass is 35.5. The molecule has 0 bridgehead atoms. The van der Waals surface area contributed by atoms with Gasteiger partial charge in [0.15, 0.2) is 0 Å². The van der Waals surface area contributed by atoms with Crippen molar-refractivity contribution in [3.63, 3.8) is 0 Å². The van der Waals surface area contributed by atoms with Crippen LogP contribution in [-0.4, -0.2) is 32.8 Å². The summed E-state index contributed by atoms with van der Waals surface area (Å²) in [6.07, 6.45) is 2.76. The van der Waals surface area contributed by atoms with Crippen molar-refractivity contribution in [2.45, 2.75) is 39.2 Å². The molecule has 2 aromatic heterocycles. The first-order valence-corrected chi connectivity index (χ1v) is 9.81. The number of benzene rings is 1. The topological polar surface area (TPSA) is 86.1 Å². The van der Waals surface area contributed by atoms with Gasteiger partial charge in [-0.15, -0.1) is 0 Å². The molecule has 0 atom stereocenters. The van der Waals surface area contributed by atoms with Crippen LogP contribution < -0.4 is 10.9 Å². The number of carbonyl (C=O) groups is 1. The van der Waals surface area contributed by atoms with Crippen molar-refractivity contribution in [2.24, 2.45) is 0 Å². The molecule has 30 heavy (non-hydrogen) atoms. The Kier molecular flexibility index (Phi) is 6.36. The lowest BCUT2D eigenvalue weighted by molar-refractivity contribution is 0.0527. The number of fused-ring (bicyclic) bond motifs is 1. The van der Waals surface area contributed by atoms with Crippen molar-refractivity contribution in [3.05, 3.63) is 63.7 Å². The molecule has 3 rings (SSSR count). The summed E-state index contributed by atoms with van der Waals surface area (Å²) < 4.78 is 20.3. The summed E-state index contributed by atoms with van der Waals surface area (Å²) in [7, 11) is 0. The molecule has 0 unspecified atom stereocenters. The molecule has 0 fully saturated rings. The van der Waals surface area contributed by atoms with Crippen molar-refractivity contribution in [2.75, 3.05) is 6.54 Å². The summed E-state index contributed by atoms with van der Waals surface area (Å²) in [4.78, 5) is 33.4. The van der Waals surface area contributed by atoms with Gasteiger partial charge in [0.2, 0.25) is 0 Å². The van der Waals surface area contributed by atoms with E-state index in [-0.39, 0.29) is 16.1 Å². The van der Waals surface area contributed by atoms with Gasteiger partial charge in [0, 0.05) is 19.0 Å². The lowest BCUT2D eigenvalue weighted by atomic mass is 10.2. The van der Waals surface area contributed by atoms with Crippen LogP contribution in [0.4, 0.5) is 9.18 Å². The lowest BCUT2D eigenvalue weighted by Crippen LogP contribution is -2.33. The van der Waals surface area contributed by atoms with Crippen molar-refractivity contribution in [1.29, 1.82) is 0 Å². The number of carbonyl (C=O) groups excluding carboxylic acids is 1. The van der Waals surface area contributed by atoms with E-state index in [9.17, 15) is 14.0 Å². The molecule has 9 heteroatoms. The Labute approximate surface area is 177 Å². The van der Waals surface area contributed by atoms with Crippen LogP contribution in [0.1, 0.15) is 33.0 Å². The Hall–Kier alpha value is -3.00. The summed E-state index contributed by atoms with van der Waals surface area (Å²) in [6, 6.07) is 6.21. The fourth-order valence-corrected chi connectivity index (χ4v) is 3.19. The quantitative estimate of drug-likeness (QED) is 0.615. The van der Waals surface area contributed by atoms with Crippen LogP contribution in [0.2, 0.25) is 5.02 Å². The van der Waals surface area contributed by atoms with Crippen LogP contribution in [0.5, 0.6) is 0 Å². The van der Waals surface area contributed by atoms with E-state index >= 15 is 0 Å². The second-order valence-electron chi connectivity index (χ2n) is 7.70. The first kappa shape index (κ1) is 21.7. The first-order valence-electron chi connectivity index (χ1n) is 9.43. The minimum absolute atomic E-state index is 0.249. The Morgan fingerprint density at radius 3 is 2.77 bits per heavy atom. The smallest absolute Gasteiger partial charge is 0.407 e. The van der Waals surface area contributed by atoms with E-state index in [4.69, 9.17) is 16.3 Å². The molecular formula is C21H22ClFN4O3. The molecule has 0 saturated heterocycles. The zero-order valence-electron chi connectivity index (χ0n) is 16.9. The maximum atomic E-state index is 13.8. The zero-order valence-corrected chi connectivity index (χ0v) is 17.7. The van der Waals surface area contributed by atoms with Crippen LogP contribution in [0.3, 0.4) is 0 Å². The third-order valence-electron chi connectivity index (χ3n) is 4.11. The highest BCUT2D eigenvalue weighted by molar-refractivity contribution is 6.35. The number of ether oxygens (including phenoxy) is 1. The van der Waals surface area contributed by atoms with Crippen LogP contribution in [0, 0.1) is 5.82 Å². The molecule has 0 aliphatic carbocycles. The largest absolute Gasteiger partial charge is 0.444 e. The van der Waals surface area contributed by atoms with Crippen molar-refractivity contribution < 1.29 is 13.9 Å². The number of amides is 1. The molecule has 0 spiro atoms. The monoisotopic (exact) mass is 432 g/mol. The van der Waals surface area contributed by atoms with Gasteiger partial charge in [-0.1, -0.05) is 17.7 Å². The highest BCUT2D eigenvalue weighted by Crippen LogP contribution is 2.21. The van der Waals surface area contributed by atoms with E-state index in [1.807, 2.05) is 0 Å². The average molecular weight is 433 g/mol. The predicted molar refractivity (Wildman–Crippen MR) is 113 cm³/mol. The summed E-state index contributed by atoms with van der Waals surface area (Å²) in [5.74, 6) is -0.163. The third-order valence-corrected chi connectivity index (χ3v) is 4.43. The van der Waals surface area contributed by atoms with Crippen molar-refractivity contribution >= 4 is 28.6 Å². The van der Waals surface area contributed by atoms with Crippen molar-refractivity contribution in [3.8, 4) is 5.69 Å². The number of pyridine rings is 1. The minimum Gasteiger partial charge on any atom is -0.444 e. The normalized spacial score (nSPS) is 11.5. The van der Waals surface area contributed by atoms with Gasteiger partial charge in [0.05, 0.1) is 34.0 Å². The van der Waals surface area contributed by atoms with E-state index in [0.29, 0.717) is 30.7 Å². The molecule has 0 aliphatic rings. The molecule has 2 heterocycles. The Balaban J connectivity index is 1.91. The number of alkyl carbamates (subject to hydrolysis) is 1. The lowest BCUT2D eigenvalue weighted by Gasteiger charge is -2.19. The van der Waals surface area contributed by atoms with Crippen molar-refractivity contribution in [1.82, 2.24) is 19.9 Å². The second-order valence-corrected chi connectivity index (χ2v) is 8.10. The second kappa shape index (κ2) is 8.79. The van der Waals surface area contributed by atoms with Crippen LogP contribution in [0.25, 0.3) is 16.6 Å². The molecule has 7 nitrogen and oxygen atoms in total. The van der Waals surface area contributed by atoms with Gasteiger partial charge in [-0.25, -0.2) is 14.2 Å². The molecule has 0 aliphatic heterocycles. The van der Waals surface area contributed by atoms with Gasteiger partial charge in [0.25, 0.3) is 5.56 Å². The summed E-state index contributed by atoms with van der Waals surface area (Å²) in [6.45, 7) is 5.66. The summed E-state index contributed by atoms with van der Waals surface area (Å²) in [5.41, 5.74) is -0.297. The number of aromatic nitrogens is 3. The molecule has 158 valence electrons. The van der Waals surface area contributed by atoms with E-state index in [2.05, 4.69) is 15.3 Å². The first-order chi connectivity index (χ1) is 14.2. The average Bonchev–Trinajstić information content (AvgIpc) is 2.64. The van der Waals surface area contributed by atoms with Gasteiger partial charge in [-0.2, -0.15) is 0 Å². The Bertz CT molecular complexity index is 1140. The number of halogens is 2. The summed E-state index contributed by atoms with van der Waals surface area (Å²) in [5, 5.41) is 3.18. The third kappa shape index (κ3) is 5.13. The number of nitrogens with one attached hydrogen (secondary N) is 1.